The molecule has 0 unspecified atom stereocenters. The van der Waals surface area contributed by atoms with E-state index in [-0.39, 0.29) is 5.91 Å². The number of furan rings is 1. The van der Waals surface area contributed by atoms with Gasteiger partial charge in [-0.15, -0.1) is 10.2 Å². The molecule has 0 spiro atoms. The quantitative estimate of drug-likeness (QED) is 0.578. The van der Waals surface area contributed by atoms with Crippen molar-refractivity contribution in [3.63, 3.8) is 0 Å². The Labute approximate surface area is 170 Å². The number of nitrogens with zero attached hydrogens (tertiary/aromatic N) is 6. The van der Waals surface area contributed by atoms with Crippen molar-refractivity contribution >= 4 is 40.0 Å². The number of carbonyl (C=O) groups is 1. The zero-order valence-electron chi connectivity index (χ0n) is 15.0. The minimum absolute atomic E-state index is 0.115. The van der Waals surface area contributed by atoms with Gasteiger partial charge in [-0.05, 0) is 12.1 Å². The van der Waals surface area contributed by atoms with Crippen LogP contribution in [-0.4, -0.2) is 62.9 Å². The largest absolute Gasteiger partial charge is 0.467 e. The van der Waals surface area contributed by atoms with Gasteiger partial charge in [0.25, 0.3) is 0 Å². The van der Waals surface area contributed by atoms with Gasteiger partial charge in [0.15, 0.2) is 4.34 Å². The second kappa shape index (κ2) is 9.02. The number of piperazine rings is 1. The molecule has 1 fully saturated rings. The second-order valence-electron chi connectivity index (χ2n) is 6.03. The van der Waals surface area contributed by atoms with Gasteiger partial charge in [-0.1, -0.05) is 23.1 Å². The van der Waals surface area contributed by atoms with Crippen molar-refractivity contribution in [3.05, 3.63) is 42.7 Å². The molecule has 146 valence electrons. The number of hydrogen-bond acceptors (Lipinski definition) is 10. The van der Waals surface area contributed by atoms with Crippen LogP contribution in [-0.2, 0) is 11.3 Å². The predicted octanol–water partition coefficient (Wildman–Crippen LogP) is 1.97. The average molecular weight is 418 g/mol. The van der Waals surface area contributed by atoms with E-state index in [0.29, 0.717) is 30.5 Å². The summed E-state index contributed by atoms with van der Waals surface area (Å²) in [6.45, 7) is 3.44. The lowest BCUT2D eigenvalue weighted by Crippen LogP contribution is -2.49. The van der Waals surface area contributed by atoms with Crippen molar-refractivity contribution in [3.8, 4) is 0 Å². The standard InChI is InChI=1S/C17H19N7O2S2/c25-15(24-7-5-23(6-8-24)14-11-18-3-4-19-14)12-27-17-22-21-16(28-17)20-10-13-2-1-9-26-13/h1-4,9,11H,5-8,10,12H2,(H,20,21). The molecule has 0 bridgehead atoms. The van der Waals surface area contributed by atoms with Gasteiger partial charge in [-0.2, -0.15) is 0 Å². The van der Waals surface area contributed by atoms with E-state index < -0.39 is 0 Å². The summed E-state index contributed by atoms with van der Waals surface area (Å²) in [4.78, 5) is 24.9. The van der Waals surface area contributed by atoms with E-state index in [2.05, 4.69) is 30.4 Å². The molecule has 1 N–H and O–H groups in total. The monoisotopic (exact) mass is 417 g/mol. The van der Waals surface area contributed by atoms with E-state index in [1.165, 1.54) is 23.1 Å². The van der Waals surface area contributed by atoms with Crippen LogP contribution in [0.1, 0.15) is 5.76 Å². The Morgan fingerprint density at radius 2 is 2.14 bits per heavy atom. The molecule has 9 nitrogen and oxygen atoms in total. The molecule has 1 amide bonds. The van der Waals surface area contributed by atoms with Gasteiger partial charge in [0.1, 0.15) is 11.6 Å². The molecule has 0 aliphatic carbocycles. The lowest BCUT2D eigenvalue weighted by molar-refractivity contribution is -0.128. The zero-order valence-corrected chi connectivity index (χ0v) is 16.7. The first kappa shape index (κ1) is 18.7. The van der Waals surface area contributed by atoms with Crippen LogP contribution in [0.4, 0.5) is 10.9 Å². The summed E-state index contributed by atoms with van der Waals surface area (Å²) in [5.41, 5.74) is 0. The zero-order chi connectivity index (χ0) is 19.2. The summed E-state index contributed by atoms with van der Waals surface area (Å²) < 4.78 is 6.04. The van der Waals surface area contributed by atoms with Gasteiger partial charge in [0.05, 0.1) is 24.8 Å². The van der Waals surface area contributed by atoms with Gasteiger partial charge >= 0.3 is 0 Å². The van der Waals surface area contributed by atoms with Gasteiger partial charge in [0, 0.05) is 38.6 Å². The maximum absolute atomic E-state index is 12.5. The van der Waals surface area contributed by atoms with Gasteiger partial charge in [0.2, 0.25) is 11.0 Å². The van der Waals surface area contributed by atoms with Crippen molar-refractivity contribution in [1.82, 2.24) is 25.1 Å². The van der Waals surface area contributed by atoms with Crippen LogP contribution in [0.5, 0.6) is 0 Å². The second-order valence-corrected chi connectivity index (χ2v) is 8.23. The highest BCUT2D eigenvalue weighted by atomic mass is 32.2. The Balaban J connectivity index is 1.21. The summed E-state index contributed by atoms with van der Waals surface area (Å²) in [5, 5.41) is 12.1. The number of nitrogens with one attached hydrogen (secondary N) is 1. The summed E-state index contributed by atoms with van der Waals surface area (Å²) in [5.74, 6) is 2.16. The minimum Gasteiger partial charge on any atom is -0.467 e. The predicted molar refractivity (Wildman–Crippen MR) is 107 cm³/mol. The number of anilines is 2. The Morgan fingerprint density at radius 1 is 1.25 bits per heavy atom. The smallest absolute Gasteiger partial charge is 0.233 e. The maximum Gasteiger partial charge on any atom is 0.233 e. The molecule has 11 heteroatoms. The first-order valence-corrected chi connectivity index (χ1v) is 10.6. The molecule has 1 aliphatic rings. The van der Waals surface area contributed by atoms with E-state index in [9.17, 15) is 4.79 Å². The third-order valence-electron chi connectivity index (χ3n) is 4.23. The molecule has 3 aromatic heterocycles. The Morgan fingerprint density at radius 3 is 2.89 bits per heavy atom. The van der Waals surface area contributed by atoms with Crippen molar-refractivity contribution in [2.24, 2.45) is 0 Å². The highest BCUT2D eigenvalue weighted by Crippen LogP contribution is 2.26. The van der Waals surface area contributed by atoms with Crippen LogP contribution in [0.15, 0.2) is 45.7 Å². The van der Waals surface area contributed by atoms with Crippen LogP contribution in [0, 0.1) is 0 Å². The fourth-order valence-corrected chi connectivity index (χ4v) is 4.42. The van der Waals surface area contributed by atoms with E-state index >= 15 is 0 Å². The summed E-state index contributed by atoms with van der Waals surface area (Å²) in [6.07, 6.45) is 6.73. The molecule has 3 aromatic rings. The third-order valence-corrected chi connectivity index (χ3v) is 6.22. The lowest BCUT2D eigenvalue weighted by Gasteiger charge is -2.35. The van der Waals surface area contributed by atoms with Crippen molar-refractivity contribution in [2.45, 2.75) is 10.9 Å². The van der Waals surface area contributed by atoms with E-state index in [1.807, 2.05) is 17.0 Å². The SMILES string of the molecule is O=C(CSc1nnc(NCc2ccco2)s1)N1CCN(c2cnccn2)CC1. The Hall–Kier alpha value is -2.66. The Kier molecular flexibility index (Phi) is 6.02. The topological polar surface area (TPSA) is 100 Å². The molecule has 1 saturated heterocycles. The highest BCUT2D eigenvalue weighted by molar-refractivity contribution is 8.01. The number of rotatable bonds is 7. The van der Waals surface area contributed by atoms with E-state index in [4.69, 9.17) is 4.42 Å². The number of amides is 1. The van der Waals surface area contributed by atoms with Gasteiger partial charge in [-0.3, -0.25) is 9.78 Å². The van der Waals surface area contributed by atoms with Crippen LogP contribution in [0.25, 0.3) is 0 Å². The summed E-state index contributed by atoms with van der Waals surface area (Å²) in [6, 6.07) is 3.74. The first-order chi connectivity index (χ1) is 13.8. The van der Waals surface area contributed by atoms with Crippen molar-refractivity contribution in [2.75, 3.05) is 42.1 Å². The average Bonchev–Trinajstić information content (AvgIpc) is 3.43. The number of aromatic nitrogens is 4. The highest BCUT2D eigenvalue weighted by Gasteiger charge is 2.22. The van der Waals surface area contributed by atoms with Crippen molar-refractivity contribution < 1.29 is 9.21 Å². The fraction of sp³-hybridized carbons (Fsp3) is 0.353. The molecule has 0 saturated carbocycles. The van der Waals surface area contributed by atoms with Gasteiger partial charge in [-0.25, -0.2) is 4.98 Å². The molecule has 28 heavy (non-hydrogen) atoms. The number of carbonyl (C=O) groups excluding carboxylic acids is 1. The van der Waals surface area contributed by atoms with Crippen molar-refractivity contribution in [1.29, 1.82) is 0 Å². The van der Waals surface area contributed by atoms with Gasteiger partial charge < -0.3 is 19.5 Å². The normalized spacial score (nSPS) is 14.3. The molecule has 4 rings (SSSR count). The molecular weight excluding hydrogens is 398 g/mol. The van der Waals surface area contributed by atoms with Crippen LogP contribution in [0.3, 0.4) is 0 Å². The van der Waals surface area contributed by atoms with E-state index in [1.54, 1.807) is 24.9 Å². The van der Waals surface area contributed by atoms with Crippen LogP contribution >= 0.6 is 23.1 Å². The molecule has 1 aliphatic heterocycles. The molecular formula is C17H19N7O2S2. The summed E-state index contributed by atoms with van der Waals surface area (Å²) in [7, 11) is 0. The lowest BCUT2D eigenvalue weighted by atomic mass is 10.3. The third kappa shape index (κ3) is 4.78. The summed E-state index contributed by atoms with van der Waals surface area (Å²) >= 11 is 2.85. The number of thioether (sulfide) groups is 1. The minimum atomic E-state index is 0.115. The first-order valence-electron chi connectivity index (χ1n) is 8.79. The molecule has 0 radical (unpaired) electrons. The molecule has 0 aromatic carbocycles. The Bertz CT molecular complexity index is 880. The van der Waals surface area contributed by atoms with Crippen LogP contribution in [0.2, 0.25) is 0 Å². The van der Waals surface area contributed by atoms with E-state index in [0.717, 1.165) is 29.0 Å². The number of hydrogen-bond donors (Lipinski definition) is 1. The van der Waals surface area contributed by atoms with Crippen LogP contribution < -0.4 is 10.2 Å². The fourth-order valence-electron chi connectivity index (χ4n) is 2.77. The molecule has 4 heterocycles. The maximum atomic E-state index is 12.5. The molecule has 0 atom stereocenters.